The number of furan rings is 1. The average Bonchev–Trinajstić information content (AvgIpc) is 3.86. The molecule has 0 radical (unpaired) electrons. The summed E-state index contributed by atoms with van der Waals surface area (Å²) in [6.07, 6.45) is 4.22. The van der Waals surface area contributed by atoms with E-state index in [0.717, 1.165) is 59.0 Å². The lowest BCUT2D eigenvalue weighted by molar-refractivity contribution is 0.332. The minimum Gasteiger partial charge on any atom is -0.455 e. The first-order valence-corrected chi connectivity index (χ1v) is 22.3. The van der Waals surface area contributed by atoms with E-state index in [1.165, 1.54) is 95.7 Å². The highest BCUT2D eigenvalue weighted by atomic mass is 16.3. The summed E-state index contributed by atoms with van der Waals surface area (Å²) in [5, 5.41) is 9.04. The van der Waals surface area contributed by atoms with E-state index in [-0.39, 0.29) is 10.8 Å². The Kier molecular flexibility index (Phi) is 8.73. The Morgan fingerprint density at radius 2 is 1.31 bits per heavy atom. The van der Waals surface area contributed by atoms with Crippen molar-refractivity contribution < 1.29 is 4.42 Å². The van der Waals surface area contributed by atoms with E-state index >= 15 is 0 Å². The Morgan fingerprint density at radius 3 is 2.11 bits per heavy atom. The molecule has 298 valence electrons. The molecule has 61 heavy (non-hydrogen) atoms. The molecule has 0 saturated heterocycles. The third-order valence-corrected chi connectivity index (χ3v) is 14.4. The number of hydrogen-bond acceptors (Lipinski definition) is 2. The van der Waals surface area contributed by atoms with Crippen LogP contribution in [-0.4, -0.2) is 7.28 Å². The van der Waals surface area contributed by atoms with Gasteiger partial charge in [-0.3, -0.25) is 0 Å². The van der Waals surface area contributed by atoms with Crippen molar-refractivity contribution in [1.82, 2.24) is 0 Å². The van der Waals surface area contributed by atoms with Crippen molar-refractivity contribution in [3.8, 4) is 33.4 Å². The molecule has 0 bridgehead atoms. The minimum absolute atomic E-state index is 0.0929. The van der Waals surface area contributed by atoms with Gasteiger partial charge in [0.1, 0.15) is 11.2 Å². The van der Waals surface area contributed by atoms with Crippen molar-refractivity contribution in [1.29, 1.82) is 0 Å². The zero-order valence-corrected chi connectivity index (χ0v) is 36.3. The fourth-order valence-corrected chi connectivity index (χ4v) is 10.8. The van der Waals surface area contributed by atoms with Gasteiger partial charge in [0.15, 0.2) is 7.28 Å². The monoisotopic (exact) mass is 789 g/mol. The van der Waals surface area contributed by atoms with Crippen LogP contribution in [0.1, 0.15) is 80.8 Å². The van der Waals surface area contributed by atoms with Crippen LogP contribution in [0.25, 0.3) is 66.1 Å². The molecule has 2 aliphatic rings. The first kappa shape index (κ1) is 37.7. The number of para-hydroxylation sites is 1. The quantitative estimate of drug-likeness (QED) is 0.163. The highest BCUT2D eigenvalue weighted by molar-refractivity contribution is 6.70. The van der Waals surface area contributed by atoms with Crippen LogP contribution >= 0.6 is 0 Å². The van der Waals surface area contributed by atoms with Crippen molar-refractivity contribution in [3.63, 3.8) is 0 Å². The van der Waals surface area contributed by atoms with Gasteiger partial charge >= 0.3 is 0 Å². The summed E-state index contributed by atoms with van der Waals surface area (Å²) in [6.45, 7) is 14.2. The molecule has 0 spiro atoms. The fourth-order valence-electron chi connectivity index (χ4n) is 10.8. The van der Waals surface area contributed by atoms with Crippen LogP contribution in [0.2, 0.25) is 0 Å². The summed E-state index contributed by atoms with van der Waals surface area (Å²) in [5.74, 6) is 0. The summed E-state index contributed by atoms with van der Waals surface area (Å²) < 4.78 is 7.04. The summed E-state index contributed by atoms with van der Waals surface area (Å²) >= 11 is 0. The van der Waals surface area contributed by atoms with Crippen LogP contribution in [0.15, 0.2) is 150 Å². The van der Waals surface area contributed by atoms with Gasteiger partial charge in [0.05, 0.1) is 5.69 Å². The third kappa shape index (κ3) is 6.15. The molecule has 3 heteroatoms. The second-order valence-corrected chi connectivity index (χ2v) is 19.1. The lowest BCUT2D eigenvalue weighted by Gasteiger charge is -2.42. The average molecular weight is 790 g/mol. The van der Waals surface area contributed by atoms with Crippen LogP contribution in [0.3, 0.4) is 0 Å². The van der Waals surface area contributed by atoms with Gasteiger partial charge in [-0.1, -0.05) is 166 Å². The van der Waals surface area contributed by atoms with Gasteiger partial charge in [0, 0.05) is 22.0 Å². The van der Waals surface area contributed by atoms with Gasteiger partial charge in [-0.15, -0.1) is 0 Å². The molecule has 0 fully saturated rings. The maximum Gasteiger partial charge on any atom is 0.193 e. The molecule has 0 saturated carbocycles. The maximum absolute atomic E-state index is 7.04. The molecule has 1 N–H and O–H groups in total. The van der Waals surface area contributed by atoms with Crippen molar-refractivity contribution in [2.75, 3.05) is 5.32 Å². The predicted molar refractivity (Wildman–Crippen MR) is 262 cm³/mol. The van der Waals surface area contributed by atoms with Crippen LogP contribution < -0.4 is 16.2 Å². The molecule has 2 nitrogen and oxygen atoms in total. The normalized spacial score (nSPS) is 14.9. The van der Waals surface area contributed by atoms with E-state index in [1.54, 1.807) is 0 Å². The Bertz CT molecular complexity index is 3220. The molecule has 11 rings (SSSR count). The number of aryl methyl sites for hydroxylation is 2. The van der Waals surface area contributed by atoms with E-state index in [9.17, 15) is 0 Å². The topological polar surface area (TPSA) is 25.2 Å². The number of rotatable bonds is 7. The molecule has 0 atom stereocenters. The maximum atomic E-state index is 7.04. The van der Waals surface area contributed by atoms with E-state index in [0.29, 0.717) is 0 Å². The molecular formula is C58H52BNO. The molecule has 8 aromatic carbocycles. The van der Waals surface area contributed by atoms with E-state index in [2.05, 4.69) is 192 Å². The number of hydrogen-bond donors (Lipinski definition) is 1. The molecule has 0 amide bonds. The van der Waals surface area contributed by atoms with Gasteiger partial charge < -0.3 is 9.73 Å². The molecule has 0 unspecified atom stereocenters. The van der Waals surface area contributed by atoms with Crippen LogP contribution in [0.4, 0.5) is 11.4 Å². The van der Waals surface area contributed by atoms with Crippen molar-refractivity contribution in [2.45, 2.75) is 78.1 Å². The van der Waals surface area contributed by atoms with Crippen molar-refractivity contribution in [3.05, 3.63) is 179 Å². The largest absolute Gasteiger partial charge is 0.455 e. The molecule has 1 aromatic heterocycles. The summed E-state index contributed by atoms with van der Waals surface area (Å²) in [7, 11) is 0.819. The van der Waals surface area contributed by atoms with Crippen LogP contribution in [-0.2, 0) is 23.7 Å². The van der Waals surface area contributed by atoms with Crippen molar-refractivity contribution in [2.24, 2.45) is 0 Å². The fraction of sp³-hybridized carbons (Fsp3) is 0.207. The Hall–Kier alpha value is -6.32. The summed E-state index contributed by atoms with van der Waals surface area (Å²) in [6, 6.07) is 54.3. The minimum atomic E-state index is 0.0929. The van der Waals surface area contributed by atoms with E-state index < -0.39 is 0 Å². The lowest BCUT2D eigenvalue weighted by atomic mass is 9.58. The van der Waals surface area contributed by atoms with Crippen molar-refractivity contribution >= 4 is 62.3 Å². The van der Waals surface area contributed by atoms with Gasteiger partial charge in [-0.25, -0.2) is 0 Å². The zero-order chi connectivity index (χ0) is 41.6. The highest BCUT2D eigenvalue weighted by Gasteiger charge is 2.38. The van der Waals surface area contributed by atoms with Gasteiger partial charge in [0.2, 0.25) is 0 Å². The Morgan fingerprint density at radius 1 is 0.590 bits per heavy atom. The van der Waals surface area contributed by atoms with E-state index in [1.807, 2.05) is 0 Å². The Labute approximate surface area is 360 Å². The summed E-state index contributed by atoms with van der Waals surface area (Å²) in [4.78, 5) is 0. The smallest absolute Gasteiger partial charge is 0.193 e. The number of fused-ring (bicyclic) bond motifs is 9. The number of anilines is 2. The summed E-state index contributed by atoms with van der Waals surface area (Å²) in [5.41, 5.74) is 23.0. The second-order valence-electron chi connectivity index (χ2n) is 19.1. The second kappa shape index (κ2) is 14.1. The van der Waals surface area contributed by atoms with Crippen LogP contribution in [0, 0.1) is 6.92 Å². The van der Waals surface area contributed by atoms with Gasteiger partial charge in [-0.05, 0) is 140 Å². The lowest BCUT2D eigenvalue weighted by Crippen LogP contribution is -2.34. The van der Waals surface area contributed by atoms with Crippen LogP contribution in [0.5, 0.6) is 0 Å². The molecule has 2 aliphatic carbocycles. The first-order valence-electron chi connectivity index (χ1n) is 22.3. The zero-order valence-electron chi connectivity index (χ0n) is 36.3. The molecule has 9 aromatic rings. The predicted octanol–water partition coefficient (Wildman–Crippen LogP) is 14.0. The molecule has 1 heterocycles. The SMILES string of the molecule is CCc1cc(-c2ccccc2)cc(-c2c(Nc3cc4c(cc3C)C(C)(C)CCC4(C)C)ccc3c2oc2ccccc23)c1Bc1cccc2c1Cc1c-2ccc2ccccc12. The number of nitrogens with one attached hydrogen (secondary N) is 1. The first-order chi connectivity index (χ1) is 29.6. The van der Waals surface area contributed by atoms with Gasteiger partial charge in [-0.2, -0.15) is 0 Å². The number of benzene rings is 8. The molecule has 0 aliphatic heterocycles. The standard InChI is InChI=1S/C58H52BNO/c1-7-36-31-39(37-16-9-8-10-17-37)32-47(55(36)59-50-22-15-21-41-42-25-24-38-18-11-12-19-40(38)45(42)33-46(41)50)54-51(27-26-44-43-20-13-14-23-53(43)61-56(44)54)60-52-34-49-48(30-35(52)2)57(3,4)28-29-58(49,5)6/h8-27,30-32,34,59-60H,7,28-29,33H2,1-6H3. The van der Waals surface area contributed by atoms with E-state index in [4.69, 9.17) is 4.42 Å². The molecular weight excluding hydrogens is 737 g/mol. The third-order valence-electron chi connectivity index (χ3n) is 14.4. The van der Waals surface area contributed by atoms with Gasteiger partial charge in [0.25, 0.3) is 0 Å². The highest BCUT2D eigenvalue weighted by Crippen LogP contribution is 2.49. The Balaban J connectivity index is 1.15.